The van der Waals surface area contributed by atoms with Gasteiger partial charge in [-0.05, 0) is 50.1 Å². The van der Waals surface area contributed by atoms with E-state index in [1.807, 2.05) is 6.07 Å². The first-order valence-corrected chi connectivity index (χ1v) is 7.38. The van der Waals surface area contributed by atoms with E-state index >= 15 is 0 Å². The largest absolute Gasteiger partial charge is 0.398 e. The number of nitrogen functional groups attached to an aromatic ring is 1. The van der Waals surface area contributed by atoms with Gasteiger partial charge < -0.3 is 10.7 Å². The van der Waals surface area contributed by atoms with Crippen molar-refractivity contribution in [3.63, 3.8) is 0 Å². The third-order valence-electron chi connectivity index (χ3n) is 3.02. The van der Waals surface area contributed by atoms with Crippen LogP contribution < -0.4 is 5.73 Å². The standard InChI is InChI=1S/C14H9Br2N3O/c15-7-4-9-10(6-19-14(9)18-5-7)13(20)8-2-1-3-11(17)12(8)16/h1-6H,17H2,(H,18,19). The second kappa shape index (κ2) is 5.03. The Balaban J connectivity index is 2.18. The number of nitrogens with one attached hydrogen (secondary N) is 1. The third-order valence-corrected chi connectivity index (χ3v) is 4.33. The minimum Gasteiger partial charge on any atom is -0.398 e. The molecule has 2 aromatic heterocycles. The summed E-state index contributed by atoms with van der Waals surface area (Å²) in [5.41, 5.74) is 8.14. The number of pyridine rings is 1. The van der Waals surface area contributed by atoms with Gasteiger partial charge in [-0.2, -0.15) is 0 Å². The van der Waals surface area contributed by atoms with E-state index in [9.17, 15) is 4.79 Å². The molecule has 0 atom stereocenters. The SMILES string of the molecule is Nc1cccc(C(=O)c2c[nH]c3ncc(Br)cc23)c1Br. The number of nitrogens with two attached hydrogens (primary N) is 1. The van der Waals surface area contributed by atoms with Gasteiger partial charge in [-0.1, -0.05) is 6.07 Å². The Kier molecular flexibility index (Phi) is 3.35. The summed E-state index contributed by atoms with van der Waals surface area (Å²) in [5, 5.41) is 0.777. The molecule has 3 aromatic rings. The number of fused-ring (bicyclic) bond motifs is 1. The predicted molar refractivity (Wildman–Crippen MR) is 85.8 cm³/mol. The number of anilines is 1. The molecule has 4 nitrogen and oxygen atoms in total. The molecule has 0 aliphatic heterocycles. The summed E-state index contributed by atoms with van der Waals surface area (Å²) in [4.78, 5) is 19.9. The highest BCUT2D eigenvalue weighted by Gasteiger charge is 2.18. The highest BCUT2D eigenvalue weighted by atomic mass is 79.9. The summed E-state index contributed by atoms with van der Waals surface area (Å²) in [6, 6.07) is 7.11. The molecule has 3 rings (SSSR count). The number of halogens is 2. The molecule has 0 aliphatic rings. The topological polar surface area (TPSA) is 71.8 Å². The van der Waals surface area contributed by atoms with Crippen molar-refractivity contribution in [1.29, 1.82) is 0 Å². The van der Waals surface area contributed by atoms with Gasteiger partial charge in [0.1, 0.15) is 5.65 Å². The number of aromatic amines is 1. The average molecular weight is 395 g/mol. The second-order valence-corrected chi connectivity index (χ2v) is 6.00. The molecule has 2 heterocycles. The van der Waals surface area contributed by atoms with Crippen molar-refractivity contribution in [2.75, 3.05) is 5.73 Å². The highest BCUT2D eigenvalue weighted by Crippen LogP contribution is 2.28. The minimum absolute atomic E-state index is 0.102. The van der Waals surface area contributed by atoms with Crippen molar-refractivity contribution in [2.24, 2.45) is 0 Å². The maximum Gasteiger partial charge on any atom is 0.196 e. The fourth-order valence-electron chi connectivity index (χ4n) is 2.04. The fourth-order valence-corrected chi connectivity index (χ4v) is 2.81. The normalized spacial score (nSPS) is 10.9. The maximum atomic E-state index is 12.7. The highest BCUT2D eigenvalue weighted by molar-refractivity contribution is 9.11. The Morgan fingerprint density at radius 2 is 2.05 bits per heavy atom. The number of aromatic nitrogens is 2. The monoisotopic (exact) mass is 393 g/mol. The summed E-state index contributed by atoms with van der Waals surface area (Å²) in [7, 11) is 0. The van der Waals surface area contributed by atoms with E-state index in [4.69, 9.17) is 5.73 Å². The number of nitrogens with zero attached hydrogens (tertiary/aromatic N) is 1. The zero-order valence-corrected chi connectivity index (χ0v) is 13.3. The number of rotatable bonds is 2. The van der Waals surface area contributed by atoms with Crippen LogP contribution >= 0.6 is 31.9 Å². The number of H-pyrrole nitrogens is 1. The molecule has 0 radical (unpaired) electrons. The van der Waals surface area contributed by atoms with Crippen LogP contribution in [0.1, 0.15) is 15.9 Å². The Bertz CT molecular complexity index is 826. The molecule has 20 heavy (non-hydrogen) atoms. The van der Waals surface area contributed by atoms with Crippen LogP contribution in [0.3, 0.4) is 0 Å². The number of carbonyl (C=O) groups is 1. The molecule has 0 amide bonds. The number of benzene rings is 1. The predicted octanol–water partition coefficient (Wildman–Crippen LogP) is 3.90. The summed E-state index contributed by atoms with van der Waals surface area (Å²) in [5.74, 6) is -0.102. The van der Waals surface area contributed by atoms with E-state index in [1.165, 1.54) is 0 Å². The van der Waals surface area contributed by atoms with Crippen molar-refractivity contribution < 1.29 is 4.79 Å². The lowest BCUT2D eigenvalue weighted by atomic mass is 10.0. The van der Waals surface area contributed by atoms with Crippen LogP contribution in [-0.2, 0) is 0 Å². The van der Waals surface area contributed by atoms with Crippen LogP contribution in [-0.4, -0.2) is 15.8 Å². The van der Waals surface area contributed by atoms with Crippen molar-refractivity contribution in [3.05, 3.63) is 56.7 Å². The number of hydrogen-bond acceptors (Lipinski definition) is 3. The van der Waals surface area contributed by atoms with Crippen LogP contribution in [0.15, 0.2) is 45.6 Å². The Morgan fingerprint density at radius 1 is 1.25 bits per heavy atom. The van der Waals surface area contributed by atoms with Gasteiger partial charge >= 0.3 is 0 Å². The van der Waals surface area contributed by atoms with E-state index < -0.39 is 0 Å². The molecule has 0 spiro atoms. The molecule has 0 aliphatic carbocycles. The maximum absolute atomic E-state index is 12.7. The van der Waals surface area contributed by atoms with Crippen molar-refractivity contribution in [2.45, 2.75) is 0 Å². The third kappa shape index (κ3) is 2.14. The summed E-state index contributed by atoms with van der Waals surface area (Å²) >= 11 is 6.73. The first-order chi connectivity index (χ1) is 9.58. The van der Waals surface area contributed by atoms with Gasteiger partial charge in [0, 0.05) is 39.1 Å². The summed E-state index contributed by atoms with van der Waals surface area (Å²) in [6.45, 7) is 0. The molecule has 0 unspecified atom stereocenters. The van der Waals surface area contributed by atoms with Crippen LogP contribution in [0.25, 0.3) is 11.0 Å². The van der Waals surface area contributed by atoms with Gasteiger partial charge in [-0.15, -0.1) is 0 Å². The zero-order chi connectivity index (χ0) is 14.3. The number of ketones is 1. The van der Waals surface area contributed by atoms with Crippen molar-refractivity contribution >= 4 is 54.4 Å². The molecule has 0 saturated carbocycles. The van der Waals surface area contributed by atoms with Crippen LogP contribution in [0.5, 0.6) is 0 Å². The van der Waals surface area contributed by atoms with E-state index in [0.717, 1.165) is 9.86 Å². The van der Waals surface area contributed by atoms with E-state index in [-0.39, 0.29) is 5.78 Å². The minimum atomic E-state index is -0.102. The molecule has 0 fully saturated rings. The van der Waals surface area contributed by atoms with Gasteiger partial charge in [0.05, 0.1) is 4.47 Å². The fraction of sp³-hybridized carbons (Fsp3) is 0. The lowest BCUT2D eigenvalue weighted by Crippen LogP contribution is -2.03. The number of carbonyl (C=O) groups excluding carboxylic acids is 1. The van der Waals surface area contributed by atoms with E-state index in [1.54, 1.807) is 30.6 Å². The second-order valence-electron chi connectivity index (χ2n) is 4.29. The van der Waals surface area contributed by atoms with Crippen molar-refractivity contribution in [1.82, 2.24) is 9.97 Å². The molecule has 3 N–H and O–H groups in total. The van der Waals surface area contributed by atoms with Crippen LogP contribution in [0.4, 0.5) is 5.69 Å². The van der Waals surface area contributed by atoms with Gasteiger partial charge in [-0.25, -0.2) is 4.98 Å². The van der Waals surface area contributed by atoms with Gasteiger partial charge in [-0.3, -0.25) is 4.79 Å². The molecule has 1 aromatic carbocycles. The lowest BCUT2D eigenvalue weighted by molar-refractivity contribution is 0.103. The quantitative estimate of drug-likeness (QED) is 0.511. The first-order valence-electron chi connectivity index (χ1n) is 5.79. The molecule has 0 bridgehead atoms. The molecule has 0 saturated heterocycles. The van der Waals surface area contributed by atoms with Gasteiger partial charge in [0.15, 0.2) is 5.78 Å². The Labute approximate surface area is 131 Å². The first kappa shape index (κ1) is 13.3. The van der Waals surface area contributed by atoms with E-state index in [0.29, 0.717) is 26.9 Å². The van der Waals surface area contributed by atoms with E-state index in [2.05, 4.69) is 41.8 Å². The summed E-state index contributed by atoms with van der Waals surface area (Å²) in [6.07, 6.45) is 3.35. The van der Waals surface area contributed by atoms with Crippen LogP contribution in [0.2, 0.25) is 0 Å². The Morgan fingerprint density at radius 3 is 2.85 bits per heavy atom. The smallest absolute Gasteiger partial charge is 0.196 e. The molecular weight excluding hydrogens is 386 g/mol. The average Bonchev–Trinajstić information content (AvgIpc) is 2.84. The molecule has 6 heteroatoms. The molecule has 100 valence electrons. The summed E-state index contributed by atoms with van der Waals surface area (Å²) < 4.78 is 1.44. The van der Waals surface area contributed by atoms with Crippen molar-refractivity contribution in [3.8, 4) is 0 Å². The van der Waals surface area contributed by atoms with Gasteiger partial charge in [0.25, 0.3) is 0 Å². The van der Waals surface area contributed by atoms with Gasteiger partial charge in [0.2, 0.25) is 0 Å². The number of hydrogen-bond donors (Lipinski definition) is 2. The Hall–Kier alpha value is -1.66. The lowest BCUT2D eigenvalue weighted by Gasteiger charge is -2.05. The van der Waals surface area contributed by atoms with Crippen LogP contribution in [0, 0.1) is 0 Å². The zero-order valence-electron chi connectivity index (χ0n) is 10.2. The molecular formula is C14H9Br2N3O.